The number of carbonyl (C=O) groups is 3. The Morgan fingerprint density at radius 2 is 1.91 bits per heavy atom. The van der Waals surface area contributed by atoms with Gasteiger partial charge < -0.3 is 34.8 Å². The van der Waals surface area contributed by atoms with Crippen molar-refractivity contribution in [1.29, 1.82) is 0 Å². The second-order valence-electron chi connectivity index (χ2n) is 12.7. The average molecular weight is 610 g/mol. The second-order valence-corrected chi connectivity index (χ2v) is 17.4. The number of rotatable bonds is 8. The number of anilines is 2. The molecule has 3 N–H and O–H groups in total. The number of aliphatic hydroxyl groups is 2. The maximum absolute atomic E-state index is 14.3. The number of amides is 3. The van der Waals surface area contributed by atoms with Gasteiger partial charge in [0.05, 0.1) is 46.0 Å². The van der Waals surface area contributed by atoms with E-state index in [0.717, 1.165) is 23.8 Å². The van der Waals surface area contributed by atoms with E-state index in [1.54, 1.807) is 42.2 Å². The number of nitrogens with zero attached hydrogens (tertiary/aromatic N) is 2. The van der Waals surface area contributed by atoms with Gasteiger partial charge in [0.25, 0.3) is 11.8 Å². The number of benzene rings is 2. The SMILES string of the molecule is COc1ccc([Si](C)(C)[C@@H]2[C@@H](CC(=O)N3CCC[C@H]3CO)O[C@]3(C(=O)N(C)c4ccc(NC(=O)[C@H](C)O)cc43)[C@H]2C)cc1. The molecule has 2 aromatic carbocycles. The van der Waals surface area contributed by atoms with E-state index in [0.29, 0.717) is 23.5 Å². The molecule has 2 fully saturated rings. The zero-order valence-electron chi connectivity index (χ0n) is 25.8. The zero-order chi connectivity index (χ0) is 31.3. The van der Waals surface area contributed by atoms with Gasteiger partial charge in [-0.05, 0) is 55.6 Å². The van der Waals surface area contributed by atoms with E-state index in [1.165, 1.54) is 6.92 Å². The summed E-state index contributed by atoms with van der Waals surface area (Å²) in [6.45, 7) is 8.46. The molecule has 43 heavy (non-hydrogen) atoms. The van der Waals surface area contributed by atoms with Crippen molar-refractivity contribution in [1.82, 2.24) is 4.90 Å². The molecule has 232 valence electrons. The molecular formula is C32H43N3O7Si. The van der Waals surface area contributed by atoms with Gasteiger partial charge in [-0.2, -0.15) is 0 Å². The lowest BCUT2D eigenvalue weighted by molar-refractivity contribution is -0.149. The molecule has 0 radical (unpaired) electrons. The Balaban J connectivity index is 1.59. The van der Waals surface area contributed by atoms with Crippen LogP contribution in [0.15, 0.2) is 42.5 Å². The van der Waals surface area contributed by atoms with E-state index >= 15 is 0 Å². The van der Waals surface area contributed by atoms with E-state index < -0.39 is 31.8 Å². The number of likely N-dealkylation sites (N-methyl/N-ethyl adjacent to an activating group) is 1. The Hall–Kier alpha value is -3.25. The van der Waals surface area contributed by atoms with Gasteiger partial charge in [-0.25, -0.2) is 0 Å². The summed E-state index contributed by atoms with van der Waals surface area (Å²) in [4.78, 5) is 43.7. The number of nitrogens with one attached hydrogen (secondary N) is 1. The third-order valence-electron chi connectivity index (χ3n) is 9.90. The largest absolute Gasteiger partial charge is 0.497 e. The van der Waals surface area contributed by atoms with Crippen molar-refractivity contribution in [2.45, 2.75) is 75.6 Å². The Kier molecular flexibility index (Phi) is 8.47. The first kappa shape index (κ1) is 31.2. The molecule has 0 aromatic heterocycles. The lowest BCUT2D eigenvalue weighted by Gasteiger charge is -2.37. The summed E-state index contributed by atoms with van der Waals surface area (Å²) in [6, 6.07) is 13.1. The minimum Gasteiger partial charge on any atom is -0.497 e. The van der Waals surface area contributed by atoms with E-state index in [4.69, 9.17) is 9.47 Å². The molecule has 0 bridgehead atoms. The van der Waals surface area contributed by atoms with Crippen LogP contribution in [0.1, 0.15) is 38.7 Å². The van der Waals surface area contributed by atoms with Gasteiger partial charge in [0, 0.05) is 30.8 Å². The molecule has 11 heteroatoms. The smallest absolute Gasteiger partial charge is 0.264 e. The van der Waals surface area contributed by atoms with Gasteiger partial charge in [-0.3, -0.25) is 14.4 Å². The lowest BCUT2D eigenvalue weighted by Crippen LogP contribution is -2.52. The molecule has 0 aliphatic carbocycles. The van der Waals surface area contributed by atoms with Crippen molar-refractivity contribution in [3.05, 3.63) is 48.0 Å². The fourth-order valence-electron chi connectivity index (χ4n) is 7.59. The van der Waals surface area contributed by atoms with Crippen LogP contribution in [0.3, 0.4) is 0 Å². The molecule has 10 nitrogen and oxygen atoms in total. The van der Waals surface area contributed by atoms with Crippen LogP contribution < -0.4 is 20.1 Å². The average Bonchev–Trinajstić information content (AvgIpc) is 3.64. The summed E-state index contributed by atoms with van der Waals surface area (Å²) in [5, 5.41) is 23.6. The quantitative estimate of drug-likeness (QED) is 0.393. The monoisotopic (exact) mass is 609 g/mol. The van der Waals surface area contributed by atoms with Crippen LogP contribution >= 0.6 is 0 Å². The Labute approximate surface area is 254 Å². The second kappa shape index (κ2) is 11.7. The summed E-state index contributed by atoms with van der Waals surface area (Å²) in [7, 11) is 0.913. The van der Waals surface area contributed by atoms with Crippen molar-refractivity contribution in [2.24, 2.45) is 5.92 Å². The predicted octanol–water partition coefficient (Wildman–Crippen LogP) is 2.58. The number of hydrogen-bond acceptors (Lipinski definition) is 7. The Morgan fingerprint density at radius 1 is 1.21 bits per heavy atom. The highest BCUT2D eigenvalue weighted by molar-refractivity contribution is 6.91. The van der Waals surface area contributed by atoms with E-state index in [2.05, 4.69) is 30.5 Å². The van der Waals surface area contributed by atoms with Gasteiger partial charge in [-0.15, -0.1) is 0 Å². The standard InChI is InChI=1S/C32H43N3O7Si/c1-19-29(43(5,6)24-12-10-23(41-4)11-13-24)27(17-28(38)35-15-7-8-22(35)18-36)42-32(19)25-16-21(33-30(39)20(2)37)9-14-26(25)34(3)31(32)40/h9-14,16,19-20,22,27,29,36-37H,7-8,15,17-18H2,1-6H3,(H,33,39)/t19-,20-,22-,27+,29-,32+/m0/s1. The number of aliphatic hydroxyl groups excluding tert-OH is 2. The third kappa shape index (κ3) is 5.15. The van der Waals surface area contributed by atoms with Crippen molar-refractivity contribution in [3.63, 3.8) is 0 Å². The molecule has 0 saturated carbocycles. The molecule has 1 spiro atoms. The van der Waals surface area contributed by atoms with Crippen LogP contribution in [0.2, 0.25) is 18.6 Å². The van der Waals surface area contributed by atoms with Gasteiger partial charge in [0.1, 0.15) is 11.9 Å². The number of hydrogen-bond donors (Lipinski definition) is 3. The number of ether oxygens (including phenoxy) is 2. The van der Waals surface area contributed by atoms with Gasteiger partial charge >= 0.3 is 0 Å². The summed E-state index contributed by atoms with van der Waals surface area (Å²) in [5.41, 5.74) is 0.294. The first-order chi connectivity index (χ1) is 20.4. The first-order valence-electron chi connectivity index (χ1n) is 15.0. The van der Waals surface area contributed by atoms with Crippen molar-refractivity contribution in [3.8, 4) is 5.75 Å². The predicted molar refractivity (Wildman–Crippen MR) is 166 cm³/mol. The molecule has 5 rings (SSSR count). The van der Waals surface area contributed by atoms with Crippen LogP contribution in [0.25, 0.3) is 0 Å². The van der Waals surface area contributed by atoms with Gasteiger partial charge in [-0.1, -0.05) is 37.3 Å². The number of carbonyl (C=O) groups excluding carboxylic acids is 3. The minimum absolute atomic E-state index is 0.0766. The molecule has 3 aliphatic rings. The summed E-state index contributed by atoms with van der Waals surface area (Å²) >= 11 is 0. The molecule has 0 unspecified atom stereocenters. The van der Waals surface area contributed by atoms with Crippen molar-refractivity contribution in [2.75, 3.05) is 37.5 Å². The van der Waals surface area contributed by atoms with Crippen LogP contribution in [0, 0.1) is 5.92 Å². The Bertz CT molecular complexity index is 1400. The van der Waals surface area contributed by atoms with Crippen LogP contribution in [-0.4, -0.2) is 86.5 Å². The van der Waals surface area contributed by atoms with E-state index in [1.807, 2.05) is 19.1 Å². The third-order valence-corrected chi connectivity index (χ3v) is 14.3. The van der Waals surface area contributed by atoms with Crippen molar-refractivity contribution >= 4 is 42.4 Å². The maximum atomic E-state index is 14.3. The topological polar surface area (TPSA) is 129 Å². The highest BCUT2D eigenvalue weighted by Gasteiger charge is 2.66. The maximum Gasteiger partial charge on any atom is 0.264 e. The number of likely N-dealkylation sites (tertiary alicyclic amines) is 1. The van der Waals surface area contributed by atoms with Gasteiger partial charge in [0.15, 0.2) is 5.60 Å². The normalized spacial score (nSPS) is 27.5. The molecule has 2 aromatic rings. The van der Waals surface area contributed by atoms with E-state index in [-0.39, 0.29) is 42.3 Å². The molecule has 6 atom stereocenters. The summed E-state index contributed by atoms with van der Waals surface area (Å²) < 4.78 is 12.3. The molecule has 3 aliphatic heterocycles. The molecule has 3 heterocycles. The highest BCUT2D eigenvalue weighted by Crippen LogP contribution is 2.60. The number of methoxy groups -OCH3 is 1. The molecule has 2 saturated heterocycles. The minimum atomic E-state index is -2.44. The lowest BCUT2D eigenvalue weighted by atomic mass is 9.82. The first-order valence-corrected chi connectivity index (χ1v) is 18.1. The number of fused-ring (bicyclic) bond motifs is 2. The van der Waals surface area contributed by atoms with Gasteiger partial charge in [0.2, 0.25) is 5.91 Å². The van der Waals surface area contributed by atoms with Crippen LogP contribution in [0.5, 0.6) is 5.75 Å². The molecular weight excluding hydrogens is 566 g/mol. The van der Waals surface area contributed by atoms with Crippen molar-refractivity contribution < 1.29 is 34.1 Å². The zero-order valence-corrected chi connectivity index (χ0v) is 26.8. The fraction of sp³-hybridized carbons (Fsp3) is 0.531. The highest BCUT2D eigenvalue weighted by atomic mass is 28.3. The Morgan fingerprint density at radius 3 is 2.53 bits per heavy atom. The van der Waals surface area contributed by atoms with Crippen LogP contribution in [0.4, 0.5) is 11.4 Å². The summed E-state index contributed by atoms with van der Waals surface area (Å²) in [5.74, 6) is -0.384. The van der Waals surface area contributed by atoms with E-state index in [9.17, 15) is 24.6 Å². The van der Waals surface area contributed by atoms with Crippen LogP contribution in [-0.2, 0) is 24.7 Å². The molecule has 3 amide bonds. The summed E-state index contributed by atoms with van der Waals surface area (Å²) in [6.07, 6.45) is -0.0373. The fourth-order valence-corrected chi connectivity index (χ4v) is 11.6.